The number of ether oxygens (including phenoxy) is 1. The third kappa shape index (κ3) is 8.31. The van der Waals surface area contributed by atoms with E-state index >= 15 is 0 Å². The molecule has 4 aromatic carbocycles. The number of hydrogen-bond donors (Lipinski definition) is 3. The van der Waals surface area contributed by atoms with Crippen LogP contribution in [-0.4, -0.2) is 30.1 Å². The van der Waals surface area contributed by atoms with Crippen molar-refractivity contribution in [1.29, 1.82) is 0 Å². The van der Waals surface area contributed by atoms with Gasteiger partial charge in [-0.05, 0) is 61.0 Å². The molecular weight excluding hydrogens is 553 g/mol. The summed E-state index contributed by atoms with van der Waals surface area (Å²) in [5.74, 6) is -1.20. The quantitative estimate of drug-likeness (QED) is 0.134. The van der Waals surface area contributed by atoms with Crippen LogP contribution >= 0.6 is 11.8 Å². The van der Waals surface area contributed by atoms with E-state index in [1.165, 1.54) is 30.0 Å². The SMILES string of the molecule is CCC(Sc1cccc(NC(=O)/C(=C/c2ccccc2F)NC(=O)c2ccccc2)c1)C(=O)Nc1cccc(OC)c1. The number of nitrogens with one attached hydrogen (secondary N) is 3. The molecule has 0 saturated heterocycles. The number of methoxy groups -OCH3 is 1. The molecule has 0 bridgehead atoms. The average molecular weight is 584 g/mol. The number of carbonyl (C=O) groups excluding carboxylic acids is 3. The molecule has 214 valence electrons. The van der Waals surface area contributed by atoms with Crippen molar-refractivity contribution < 1.29 is 23.5 Å². The van der Waals surface area contributed by atoms with Crippen LogP contribution in [0.4, 0.5) is 15.8 Å². The second-order valence-electron chi connectivity index (χ2n) is 9.12. The summed E-state index contributed by atoms with van der Waals surface area (Å²) in [6.45, 7) is 1.92. The van der Waals surface area contributed by atoms with E-state index < -0.39 is 22.9 Å². The van der Waals surface area contributed by atoms with Gasteiger partial charge in [-0.2, -0.15) is 0 Å². The number of rotatable bonds is 11. The molecule has 42 heavy (non-hydrogen) atoms. The molecule has 0 aliphatic heterocycles. The summed E-state index contributed by atoms with van der Waals surface area (Å²) in [4.78, 5) is 40.0. The van der Waals surface area contributed by atoms with Crippen LogP contribution in [0, 0.1) is 5.82 Å². The molecule has 3 N–H and O–H groups in total. The number of anilines is 2. The van der Waals surface area contributed by atoms with Gasteiger partial charge in [0.15, 0.2) is 0 Å². The van der Waals surface area contributed by atoms with E-state index in [1.54, 1.807) is 92.0 Å². The Hall–Kier alpha value is -4.89. The fraction of sp³-hybridized carbons (Fsp3) is 0.121. The normalized spacial score (nSPS) is 11.7. The van der Waals surface area contributed by atoms with Crippen LogP contribution in [0.1, 0.15) is 29.3 Å². The Morgan fingerprint density at radius 3 is 2.26 bits per heavy atom. The molecule has 0 heterocycles. The smallest absolute Gasteiger partial charge is 0.272 e. The molecule has 0 radical (unpaired) electrons. The first-order valence-corrected chi connectivity index (χ1v) is 14.1. The molecule has 0 saturated carbocycles. The molecule has 0 fully saturated rings. The second-order valence-corrected chi connectivity index (χ2v) is 10.4. The van der Waals surface area contributed by atoms with Crippen LogP contribution in [-0.2, 0) is 9.59 Å². The highest BCUT2D eigenvalue weighted by Gasteiger charge is 2.20. The summed E-state index contributed by atoms with van der Waals surface area (Å²) < 4.78 is 19.6. The second kappa shape index (κ2) is 14.7. The zero-order chi connectivity index (χ0) is 29.9. The van der Waals surface area contributed by atoms with Crippen LogP contribution in [0.15, 0.2) is 114 Å². The van der Waals surface area contributed by atoms with Crippen LogP contribution < -0.4 is 20.7 Å². The van der Waals surface area contributed by atoms with Gasteiger partial charge >= 0.3 is 0 Å². The summed E-state index contributed by atoms with van der Waals surface area (Å²) in [6, 6.07) is 28.5. The lowest BCUT2D eigenvalue weighted by molar-refractivity contribution is -0.116. The summed E-state index contributed by atoms with van der Waals surface area (Å²) in [6.07, 6.45) is 1.86. The van der Waals surface area contributed by atoms with Gasteiger partial charge in [-0.3, -0.25) is 14.4 Å². The first-order valence-electron chi connectivity index (χ1n) is 13.2. The number of carbonyl (C=O) groups is 3. The molecule has 4 aromatic rings. The van der Waals surface area contributed by atoms with E-state index in [4.69, 9.17) is 4.74 Å². The molecular formula is C33H30FN3O4S. The van der Waals surface area contributed by atoms with Crippen LogP contribution in [0.5, 0.6) is 5.75 Å². The molecule has 0 spiro atoms. The maximum atomic E-state index is 14.4. The Morgan fingerprint density at radius 1 is 0.857 bits per heavy atom. The lowest BCUT2D eigenvalue weighted by Gasteiger charge is -2.16. The Morgan fingerprint density at radius 2 is 1.55 bits per heavy atom. The van der Waals surface area contributed by atoms with Gasteiger partial charge in [-0.1, -0.05) is 55.5 Å². The van der Waals surface area contributed by atoms with Gasteiger partial charge in [-0.25, -0.2) is 4.39 Å². The maximum absolute atomic E-state index is 14.4. The summed E-state index contributed by atoms with van der Waals surface area (Å²) in [7, 11) is 1.56. The van der Waals surface area contributed by atoms with E-state index in [0.29, 0.717) is 29.1 Å². The molecule has 9 heteroatoms. The van der Waals surface area contributed by atoms with Gasteiger partial charge in [-0.15, -0.1) is 11.8 Å². The zero-order valence-electron chi connectivity index (χ0n) is 23.1. The summed E-state index contributed by atoms with van der Waals surface area (Å²) in [5, 5.41) is 7.91. The van der Waals surface area contributed by atoms with Crippen LogP contribution in [0.2, 0.25) is 0 Å². The standard InChI is InChI=1S/C33H30FN3O4S/c1-3-30(33(40)36-24-14-9-16-26(20-24)41-2)42-27-17-10-15-25(21-27)35-32(39)29(19-23-13-7-8-18-28(23)34)37-31(38)22-11-5-4-6-12-22/h4-21,30H,3H2,1-2H3,(H,35,39)(H,36,40)(H,37,38)/b29-19-. The number of thioether (sulfide) groups is 1. The maximum Gasteiger partial charge on any atom is 0.272 e. The van der Waals surface area contributed by atoms with Crippen molar-refractivity contribution in [1.82, 2.24) is 5.32 Å². The Kier molecular flexibility index (Phi) is 10.5. The summed E-state index contributed by atoms with van der Waals surface area (Å²) in [5.41, 5.74) is 1.44. The molecule has 4 rings (SSSR count). The Labute approximate surface area is 248 Å². The van der Waals surface area contributed by atoms with Gasteiger partial charge in [0.2, 0.25) is 5.91 Å². The van der Waals surface area contributed by atoms with Gasteiger partial charge in [0.05, 0.1) is 12.4 Å². The van der Waals surface area contributed by atoms with Gasteiger partial charge in [0.1, 0.15) is 17.3 Å². The minimum absolute atomic E-state index is 0.129. The lowest BCUT2D eigenvalue weighted by Crippen LogP contribution is -2.30. The van der Waals surface area contributed by atoms with Crippen molar-refractivity contribution in [2.75, 3.05) is 17.7 Å². The zero-order valence-corrected chi connectivity index (χ0v) is 23.9. The van der Waals surface area contributed by atoms with E-state index in [2.05, 4.69) is 16.0 Å². The van der Waals surface area contributed by atoms with Crippen molar-refractivity contribution in [3.63, 3.8) is 0 Å². The van der Waals surface area contributed by atoms with Gasteiger partial charge in [0.25, 0.3) is 11.8 Å². The topological polar surface area (TPSA) is 96.5 Å². The fourth-order valence-electron chi connectivity index (χ4n) is 3.95. The first-order chi connectivity index (χ1) is 20.4. The minimum Gasteiger partial charge on any atom is -0.497 e. The van der Waals surface area contributed by atoms with E-state index in [0.717, 1.165) is 4.90 Å². The van der Waals surface area contributed by atoms with Crippen molar-refractivity contribution in [2.45, 2.75) is 23.5 Å². The molecule has 0 aromatic heterocycles. The largest absolute Gasteiger partial charge is 0.497 e. The Balaban J connectivity index is 1.50. The monoisotopic (exact) mass is 583 g/mol. The first kappa shape index (κ1) is 30.1. The molecule has 1 unspecified atom stereocenters. The molecule has 3 amide bonds. The number of halogens is 1. The third-order valence-electron chi connectivity index (χ3n) is 6.10. The Bertz CT molecular complexity index is 1590. The predicted molar refractivity (Wildman–Crippen MR) is 165 cm³/mol. The predicted octanol–water partition coefficient (Wildman–Crippen LogP) is 6.75. The minimum atomic E-state index is -0.632. The van der Waals surface area contributed by atoms with E-state index in [1.807, 2.05) is 13.0 Å². The summed E-state index contributed by atoms with van der Waals surface area (Å²) >= 11 is 1.36. The van der Waals surface area contributed by atoms with E-state index in [-0.39, 0.29) is 17.2 Å². The van der Waals surface area contributed by atoms with Crippen LogP contribution in [0.3, 0.4) is 0 Å². The van der Waals surface area contributed by atoms with Crippen molar-refractivity contribution in [3.05, 3.63) is 126 Å². The average Bonchev–Trinajstić information content (AvgIpc) is 3.01. The van der Waals surface area contributed by atoms with Crippen molar-refractivity contribution in [3.8, 4) is 5.75 Å². The molecule has 0 aliphatic carbocycles. The number of benzene rings is 4. The van der Waals surface area contributed by atoms with Crippen molar-refractivity contribution in [2.24, 2.45) is 0 Å². The lowest BCUT2D eigenvalue weighted by atomic mass is 10.1. The molecule has 1 atom stereocenters. The van der Waals surface area contributed by atoms with Crippen LogP contribution in [0.25, 0.3) is 6.08 Å². The molecule has 0 aliphatic rings. The highest BCUT2D eigenvalue weighted by Crippen LogP contribution is 2.29. The van der Waals surface area contributed by atoms with Crippen molar-refractivity contribution >= 4 is 46.9 Å². The van der Waals surface area contributed by atoms with E-state index in [9.17, 15) is 18.8 Å². The van der Waals surface area contributed by atoms with Gasteiger partial charge in [0, 0.05) is 33.5 Å². The third-order valence-corrected chi connectivity index (χ3v) is 7.46. The fourth-order valence-corrected chi connectivity index (χ4v) is 4.96. The number of hydrogen-bond acceptors (Lipinski definition) is 5. The highest BCUT2D eigenvalue weighted by molar-refractivity contribution is 8.00. The molecule has 7 nitrogen and oxygen atoms in total. The number of amides is 3. The highest BCUT2D eigenvalue weighted by atomic mass is 32.2. The van der Waals surface area contributed by atoms with Gasteiger partial charge < -0.3 is 20.7 Å².